The first-order valence-corrected chi connectivity index (χ1v) is 9.94. The third kappa shape index (κ3) is 4.18. The molecule has 2 bridgehead atoms. The van der Waals surface area contributed by atoms with Crippen LogP contribution >= 0.6 is 0 Å². The molecule has 144 valence electrons. The predicted octanol–water partition coefficient (Wildman–Crippen LogP) is 3.56. The van der Waals surface area contributed by atoms with Crippen molar-refractivity contribution in [3.05, 3.63) is 65.7 Å². The molecule has 4 heteroatoms. The molecule has 2 aromatic rings. The summed E-state index contributed by atoms with van der Waals surface area (Å²) in [5.74, 6) is 0.917. The van der Waals surface area contributed by atoms with Crippen molar-refractivity contribution in [2.45, 2.75) is 44.1 Å². The van der Waals surface area contributed by atoms with Crippen LogP contribution in [0.1, 0.15) is 24.0 Å². The molecule has 2 unspecified atom stereocenters. The Balaban J connectivity index is 1.49. The monoisotopic (exact) mass is 366 g/mol. The number of benzene rings is 2. The van der Waals surface area contributed by atoms with Crippen LogP contribution in [0.3, 0.4) is 0 Å². The molecule has 0 N–H and O–H groups in total. The lowest BCUT2D eigenvalue weighted by Crippen LogP contribution is -2.58. The molecule has 3 aliphatic heterocycles. The highest BCUT2D eigenvalue weighted by Crippen LogP contribution is 2.31. The van der Waals surface area contributed by atoms with Gasteiger partial charge in [0.2, 0.25) is 0 Å². The molecule has 2 aromatic carbocycles. The maximum absolute atomic E-state index is 5.92. The molecular weight excluding hydrogens is 336 g/mol. The zero-order valence-corrected chi connectivity index (χ0v) is 16.4. The maximum Gasteiger partial charge on any atom is 0.118 e. The fraction of sp³-hybridized carbons (Fsp3) is 0.478. The summed E-state index contributed by atoms with van der Waals surface area (Å²) >= 11 is 0. The molecular formula is C23H30N2O2. The van der Waals surface area contributed by atoms with Gasteiger partial charge in [0.25, 0.3) is 0 Å². The van der Waals surface area contributed by atoms with Crippen molar-refractivity contribution in [1.29, 1.82) is 0 Å². The Bertz CT molecular complexity index is 719. The van der Waals surface area contributed by atoms with Gasteiger partial charge in [-0.05, 0) is 36.1 Å². The Labute approximate surface area is 162 Å². The Morgan fingerprint density at radius 2 is 1.52 bits per heavy atom. The molecule has 0 amide bonds. The predicted molar refractivity (Wildman–Crippen MR) is 108 cm³/mol. The van der Waals surface area contributed by atoms with Crippen LogP contribution in [0.25, 0.3) is 0 Å². The highest BCUT2D eigenvalue weighted by atomic mass is 16.5. The molecule has 0 radical (unpaired) electrons. The summed E-state index contributed by atoms with van der Waals surface area (Å²) in [5.41, 5.74) is 2.74. The summed E-state index contributed by atoms with van der Waals surface area (Å²) in [6, 6.07) is 20.4. The number of hydrogen-bond acceptors (Lipinski definition) is 4. The number of hydrogen-bond donors (Lipinski definition) is 0. The summed E-state index contributed by atoms with van der Waals surface area (Å²) in [5, 5.41) is 0. The quantitative estimate of drug-likeness (QED) is 0.780. The fourth-order valence-corrected chi connectivity index (χ4v) is 4.64. The van der Waals surface area contributed by atoms with Gasteiger partial charge in [-0.15, -0.1) is 0 Å². The third-order valence-corrected chi connectivity index (χ3v) is 6.14. The Kier molecular flexibility index (Phi) is 5.77. The molecule has 0 aliphatic carbocycles. The van der Waals surface area contributed by atoms with E-state index in [4.69, 9.17) is 9.47 Å². The van der Waals surface area contributed by atoms with Gasteiger partial charge in [0.15, 0.2) is 0 Å². The minimum atomic E-state index is 0.314. The van der Waals surface area contributed by atoms with E-state index in [0.717, 1.165) is 38.3 Å². The molecule has 3 fully saturated rings. The molecule has 0 saturated carbocycles. The zero-order chi connectivity index (χ0) is 18.6. The van der Waals surface area contributed by atoms with Gasteiger partial charge in [0.1, 0.15) is 5.75 Å². The summed E-state index contributed by atoms with van der Waals surface area (Å²) in [6.07, 6.45) is 2.67. The topological polar surface area (TPSA) is 24.9 Å². The number of fused-ring (bicyclic) bond motifs is 4. The van der Waals surface area contributed by atoms with Gasteiger partial charge in [-0.1, -0.05) is 42.5 Å². The van der Waals surface area contributed by atoms with Crippen molar-refractivity contribution in [2.24, 2.45) is 0 Å². The van der Waals surface area contributed by atoms with Crippen LogP contribution in [0.15, 0.2) is 54.6 Å². The van der Waals surface area contributed by atoms with Gasteiger partial charge < -0.3 is 9.47 Å². The standard InChI is InChI=1S/C23H30N2O2/c1-26-21-11-8-19(9-12-21)15-25-16-20-10-13-23(27-2)22(25)17-24(20)14-18-6-4-3-5-7-18/h3-9,11-12,20,22-23H,10,13-17H2,1-2H3/t20?,22?,23-/m1/s1. The van der Waals surface area contributed by atoms with E-state index in [-0.39, 0.29) is 0 Å². The molecule has 0 aromatic heterocycles. The molecule has 3 saturated heterocycles. The molecule has 4 nitrogen and oxygen atoms in total. The first-order valence-electron chi connectivity index (χ1n) is 9.94. The summed E-state index contributed by atoms with van der Waals surface area (Å²) in [4.78, 5) is 5.30. The van der Waals surface area contributed by atoms with Gasteiger partial charge >= 0.3 is 0 Å². The smallest absolute Gasteiger partial charge is 0.118 e. The Morgan fingerprint density at radius 1 is 0.815 bits per heavy atom. The highest BCUT2D eigenvalue weighted by molar-refractivity contribution is 5.27. The average molecular weight is 367 g/mol. The van der Waals surface area contributed by atoms with Crippen molar-refractivity contribution in [3.63, 3.8) is 0 Å². The summed E-state index contributed by atoms with van der Waals surface area (Å²) in [6.45, 7) is 4.20. The van der Waals surface area contributed by atoms with E-state index in [0.29, 0.717) is 18.2 Å². The second-order valence-electron chi connectivity index (χ2n) is 7.77. The molecule has 5 rings (SSSR count). The molecule has 0 spiro atoms. The normalized spacial score (nSPS) is 26.1. The van der Waals surface area contributed by atoms with Gasteiger partial charge in [0, 0.05) is 45.4 Å². The van der Waals surface area contributed by atoms with E-state index in [1.54, 1.807) is 7.11 Å². The van der Waals surface area contributed by atoms with E-state index < -0.39 is 0 Å². The first-order chi connectivity index (χ1) is 13.3. The summed E-state index contributed by atoms with van der Waals surface area (Å²) in [7, 11) is 3.59. The lowest BCUT2D eigenvalue weighted by molar-refractivity contribution is -0.0276. The average Bonchev–Trinajstić information content (AvgIpc) is 2.99. The van der Waals surface area contributed by atoms with Crippen LogP contribution in [0, 0.1) is 0 Å². The second-order valence-corrected chi connectivity index (χ2v) is 7.77. The molecule has 27 heavy (non-hydrogen) atoms. The highest BCUT2D eigenvalue weighted by Gasteiger charge is 2.41. The minimum Gasteiger partial charge on any atom is -0.497 e. The van der Waals surface area contributed by atoms with Crippen LogP contribution < -0.4 is 4.74 Å². The molecule has 3 heterocycles. The fourth-order valence-electron chi connectivity index (χ4n) is 4.64. The lowest BCUT2D eigenvalue weighted by Gasteiger charge is -2.45. The first kappa shape index (κ1) is 18.5. The van der Waals surface area contributed by atoms with Gasteiger partial charge in [0.05, 0.1) is 13.2 Å². The lowest BCUT2D eigenvalue weighted by atomic mass is 10.0. The van der Waals surface area contributed by atoms with Crippen molar-refractivity contribution in [1.82, 2.24) is 9.80 Å². The van der Waals surface area contributed by atoms with Crippen molar-refractivity contribution < 1.29 is 9.47 Å². The van der Waals surface area contributed by atoms with Crippen molar-refractivity contribution in [2.75, 3.05) is 27.3 Å². The number of ether oxygens (including phenoxy) is 2. The largest absolute Gasteiger partial charge is 0.497 e. The maximum atomic E-state index is 5.92. The third-order valence-electron chi connectivity index (χ3n) is 6.14. The van der Waals surface area contributed by atoms with Crippen LogP contribution in [-0.2, 0) is 17.8 Å². The molecule has 3 aliphatic rings. The summed E-state index contributed by atoms with van der Waals surface area (Å²) < 4.78 is 11.2. The second kappa shape index (κ2) is 8.42. The minimum absolute atomic E-state index is 0.314. The number of nitrogens with zero attached hydrogens (tertiary/aromatic N) is 2. The Hall–Kier alpha value is -1.88. The van der Waals surface area contributed by atoms with Crippen molar-refractivity contribution in [3.8, 4) is 5.75 Å². The van der Waals surface area contributed by atoms with Crippen LogP contribution in [0.5, 0.6) is 5.75 Å². The zero-order valence-electron chi connectivity index (χ0n) is 16.4. The Morgan fingerprint density at radius 3 is 2.22 bits per heavy atom. The number of piperazine rings is 1. The van der Waals surface area contributed by atoms with Gasteiger partial charge in [-0.3, -0.25) is 9.80 Å². The van der Waals surface area contributed by atoms with E-state index in [9.17, 15) is 0 Å². The SMILES string of the molecule is COc1ccc(CN2CC3CC[C@@H](OC)C2CN3Cc2ccccc2)cc1. The van der Waals surface area contributed by atoms with Gasteiger partial charge in [-0.25, -0.2) is 0 Å². The van der Waals surface area contributed by atoms with E-state index in [1.807, 2.05) is 7.11 Å². The number of methoxy groups -OCH3 is 2. The van der Waals surface area contributed by atoms with Crippen LogP contribution in [-0.4, -0.2) is 55.3 Å². The van der Waals surface area contributed by atoms with Crippen LogP contribution in [0.2, 0.25) is 0 Å². The van der Waals surface area contributed by atoms with Crippen molar-refractivity contribution >= 4 is 0 Å². The number of rotatable bonds is 6. The molecule has 3 atom stereocenters. The van der Waals surface area contributed by atoms with Gasteiger partial charge in [-0.2, -0.15) is 0 Å². The van der Waals surface area contributed by atoms with E-state index >= 15 is 0 Å². The van der Waals surface area contributed by atoms with Crippen LogP contribution in [0.4, 0.5) is 0 Å². The van der Waals surface area contributed by atoms with E-state index in [2.05, 4.69) is 64.4 Å². The van der Waals surface area contributed by atoms with E-state index in [1.165, 1.54) is 17.5 Å².